The summed E-state index contributed by atoms with van der Waals surface area (Å²) in [5, 5.41) is 1.83. The van der Waals surface area contributed by atoms with Gasteiger partial charge in [0.2, 0.25) is 0 Å². The highest BCUT2D eigenvalue weighted by Gasteiger charge is 2.32. The molecule has 1 unspecified atom stereocenters. The van der Waals surface area contributed by atoms with E-state index >= 15 is 0 Å². The molecule has 1 aromatic rings. The molecule has 0 amide bonds. The quantitative estimate of drug-likeness (QED) is 0.837. The van der Waals surface area contributed by atoms with E-state index in [-0.39, 0.29) is 5.97 Å². The van der Waals surface area contributed by atoms with Gasteiger partial charge in [0, 0.05) is 19.1 Å². The van der Waals surface area contributed by atoms with Gasteiger partial charge in [-0.2, -0.15) is 0 Å². The lowest BCUT2D eigenvalue weighted by molar-refractivity contribution is -0.196. The van der Waals surface area contributed by atoms with E-state index in [1.807, 2.05) is 31.9 Å². The van der Waals surface area contributed by atoms with Crippen molar-refractivity contribution >= 4 is 5.97 Å². The van der Waals surface area contributed by atoms with Gasteiger partial charge in [0.1, 0.15) is 0 Å². The average molecular weight is 304 g/mol. The number of hydrogen-bond donors (Lipinski definition) is 0. The summed E-state index contributed by atoms with van der Waals surface area (Å²) in [6.45, 7) is 11.4. The molecule has 1 saturated heterocycles. The van der Waals surface area contributed by atoms with Crippen LogP contribution in [0.15, 0.2) is 30.3 Å². The van der Waals surface area contributed by atoms with Crippen LogP contribution in [-0.2, 0) is 16.2 Å². The lowest BCUT2D eigenvalue weighted by Crippen LogP contribution is -2.38. The Morgan fingerprint density at radius 3 is 2.59 bits per heavy atom. The van der Waals surface area contributed by atoms with Gasteiger partial charge in [0.15, 0.2) is 0 Å². The Kier molecular flexibility index (Phi) is 5.59. The molecule has 0 aliphatic carbocycles. The van der Waals surface area contributed by atoms with E-state index in [2.05, 4.69) is 36.1 Å². The van der Waals surface area contributed by atoms with E-state index < -0.39 is 5.41 Å². The molecule has 1 aliphatic heterocycles. The zero-order chi connectivity index (χ0) is 16.2. The van der Waals surface area contributed by atoms with Crippen LogP contribution >= 0.6 is 0 Å². The van der Waals surface area contributed by atoms with Crippen LogP contribution < -0.4 is 0 Å². The molecular weight excluding hydrogens is 276 g/mol. The fourth-order valence-corrected chi connectivity index (χ4v) is 2.66. The lowest BCUT2D eigenvalue weighted by Gasteiger charge is -2.28. The smallest absolute Gasteiger partial charge is 0.330 e. The maximum absolute atomic E-state index is 12.0. The Balaban J connectivity index is 1.89. The molecule has 122 valence electrons. The third kappa shape index (κ3) is 4.55. The molecule has 2 rings (SSSR count). The first-order valence-corrected chi connectivity index (χ1v) is 8.15. The van der Waals surface area contributed by atoms with Crippen molar-refractivity contribution in [3.8, 4) is 0 Å². The van der Waals surface area contributed by atoms with Gasteiger partial charge >= 0.3 is 5.97 Å². The molecule has 4 heteroatoms. The molecule has 0 aromatic heterocycles. The minimum atomic E-state index is -0.452. The average Bonchev–Trinajstić information content (AvgIpc) is 2.93. The Morgan fingerprint density at radius 1 is 1.32 bits per heavy atom. The van der Waals surface area contributed by atoms with Crippen molar-refractivity contribution in [3.63, 3.8) is 0 Å². The second-order valence-corrected chi connectivity index (χ2v) is 7.01. The van der Waals surface area contributed by atoms with E-state index in [1.54, 1.807) is 0 Å². The zero-order valence-corrected chi connectivity index (χ0v) is 14.2. The molecule has 1 aliphatic rings. The van der Waals surface area contributed by atoms with Crippen molar-refractivity contribution in [1.82, 2.24) is 9.96 Å². The van der Waals surface area contributed by atoms with Gasteiger partial charge in [0.05, 0.1) is 12.0 Å². The normalized spacial score (nSPS) is 19.6. The van der Waals surface area contributed by atoms with Gasteiger partial charge in [0.25, 0.3) is 0 Å². The summed E-state index contributed by atoms with van der Waals surface area (Å²) in [6, 6.07) is 11.0. The monoisotopic (exact) mass is 304 g/mol. The third-order valence-electron chi connectivity index (χ3n) is 4.10. The topological polar surface area (TPSA) is 32.8 Å². The summed E-state index contributed by atoms with van der Waals surface area (Å²) in [6.07, 6.45) is 1.04. The molecule has 0 radical (unpaired) electrons. The molecule has 1 fully saturated rings. The molecule has 0 saturated carbocycles. The lowest BCUT2D eigenvalue weighted by atomic mass is 9.98. The van der Waals surface area contributed by atoms with E-state index in [9.17, 15) is 4.79 Å². The van der Waals surface area contributed by atoms with Crippen molar-refractivity contribution in [3.05, 3.63) is 35.9 Å². The Labute approximate surface area is 134 Å². The standard InChI is InChI=1S/C18H28N2O2/c1-5-19(13-15-9-7-6-8-10-15)16-11-12-20(14-16)22-17(21)18(2,3)4/h6-10,16H,5,11-14H2,1-4H3. The largest absolute Gasteiger partial charge is 0.367 e. The van der Waals surface area contributed by atoms with E-state index in [4.69, 9.17) is 4.84 Å². The van der Waals surface area contributed by atoms with Crippen LogP contribution in [0.1, 0.15) is 39.7 Å². The number of nitrogens with zero attached hydrogens (tertiary/aromatic N) is 2. The first kappa shape index (κ1) is 17.0. The fraction of sp³-hybridized carbons (Fsp3) is 0.611. The zero-order valence-electron chi connectivity index (χ0n) is 14.2. The summed E-state index contributed by atoms with van der Waals surface area (Å²) >= 11 is 0. The first-order valence-electron chi connectivity index (χ1n) is 8.15. The van der Waals surface area contributed by atoms with E-state index in [0.29, 0.717) is 6.04 Å². The second-order valence-electron chi connectivity index (χ2n) is 7.01. The Bertz CT molecular complexity index is 482. The van der Waals surface area contributed by atoms with Crippen LogP contribution in [0.4, 0.5) is 0 Å². The van der Waals surface area contributed by atoms with Gasteiger partial charge in [-0.15, -0.1) is 5.06 Å². The van der Waals surface area contributed by atoms with E-state index in [0.717, 1.165) is 32.6 Å². The number of hydroxylamine groups is 2. The maximum Gasteiger partial charge on any atom is 0.330 e. The van der Waals surface area contributed by atoms with Crippen LogP contribution in [0.2, 0.25) is 0 Å². The van der Waals surface area contributed by atoms with Crippen molar-refractivity contribution in [2.75, 3.05) is 19.6 Å². The van der Waals surface area contributed by atoms with Gasteiger partial charge in [-0.25, -0.2) is 4.79 Å². The Morgan fingerprint density at radius 2 is 2.00 bits per heavy atom. The number of carbonyl (C=O) groups excluding carboxylic acids is 1. The molecule has 0 N–H and O–H groups in total. The highest BCUT2D eigenvalue weighted by Crippen LogP contribution is 2.21. The highest BCUT2D eigenvalue weighted by atomic mass is 16.7. The molecule has 0 bridgehead atoms. The molecule has 22 heavy (non-hydrogen) atoms. The predicted octanol–water partition coefficient (Wildman–Crippen LogP) is 3.09. The van der Waals surface area contributed by atoms with Crippen LogP contribution in [0.3, 0.4) is 0 Å². The number of carbonyl (C=O) groups is 1. The van der Waals surface area contributed by atoms with Crippen LogP contribution in [0.5, 0.6) is 0 Å². The van der Waals surface area contributed by atoms with Crippen LogP contribution in [-0.4, -0.2) is 41.6 Å². The van der Waals surface area contributed by atoms with Crippen molar-refractivity contribution in [2.45, 2.75) is 46.7 Å². The van der Waals surface area contributed by atoms with Gasteiger partial charge in [-0.05, 0) is 39.3 Å². The number of benzene rings is 1. The summed E-state index contributed by atoms with van der Waals surface area (Å²) in [5.41, 5.74) is 0.876. The van der Waals surface area contributed by atoms with Crippen molar-refractivity contribution < 1.29 is 9.63 Å². The molecular formula is C18H28N2O2. The van der Waals surface area contributed by atoms with Crippen molar-refractivity contribution in [1.29, 1.82) is 0 Å². The summed E-state index contributed by atoms with van der Waals surface area (Å²) in [7, 11) is 0. The van der Waals surface area contributed by atoms with Gasteiger partial charge < -0.3 is 4.84 Å². The number of rotatable bonds is 5. The van der Waals surface area contributed by atoms with Crippen LogP contribution in [0, 0.1) is 5.41 Å². The third-order valence-corrected chi connectivity index (χ3v) is 4.10. The number of hydrogen-bond acceptors (Lipinski definition) is 4. The molecule has 4 nitrogen and oxygen atoms in total. The van der Waals surface area contributed by atoms with Crippen molar-refractivity contribution in [2.24, 2.45) is 5.41 Å². The molecule has 1 aromatic carbocycles. The minimum Gasteiger partial charge on any atom is -0.367 e. The number of likely N-dealkylation sites (N-methyl/N-ethyl adjacent to an activating group) is 1. The summed E-state index contributed by atoms with van der Waals surface area (Å²) in [5.74, 6) is -0.153. The maximum atomic E-state index is 12.0. The molecule has 1 heterocycles. The summed E-state index contributed by atoms with van der Waals surface area (Å²) in [4.78, 5) is 20.0. The highest BCUT2D eigenvalue weighted by molar-refractivity contribution is 5.75. The second kappa shape index (κ2) is 7.25. The SMILES string of the molecule is CCN(Cc1ccccc1)C1CCN(OC(=O)C(C)(C)C)C1. The first-order chi connectivity index (χ1) is 10.4. The minimum absolute atomic E-state index is 0.153. The van der Waals surface area contributed by atoms with Gasteiger partial charge in [-0.3, -0.25) is 4.90 Å². The van der Waals surface area contributed by atoms with Gasteiger partial charge in [-0.1, -0.05) is 37.3 Å². The predicted molar refractivity (Wildman–Crippen MR) is 88.1 cm³/mol. The summed E-state index contributed by atoms with van der Waals surface area (Å²) < 4.78 is 0. The Hall–Kier alpha value is -1.39. The fourth-order valence-electron chi connectivity index (χ4n) is 2.66. The molecule has 0 spiro atoms. The van der Waals surface area contributed by atoms with Crippen LogP contribution in [0.25, 0.3) is 0 Å². The van der Waals surface area contributed by atoms with E-state index in [1.165, 1.54) is 5.56 Å². The molecule has 1 atom stereocenters.